The fraction of sp³-hybridized carbons (Fsp3) is 0.438. The Balaban J connectivity index is 1.77. The van der Waals surface area contributed by atoms with Crippen molar-refractivity contribution >= 4 is 18.2 Å². The van der Waals surface area contributed by atoms with Crippen LogP contribution in [0.1, 0.15) is 43.2 Å². The highest BCUT2D eigenvalue weighted by atomic mass is 16.2. The zero-order valence-corrected chi connectivity index (χ0v) is 12.1. The lowest BCUT2D eigenvalue weighted by Crippen LogP contribution is -2.48. The monoisotopic (exact) mass is 285 g/mol. The summed E-state index contributed by atoms with van der Waals surface area (Å²) in [5, 5.41) is 7.90. The molecule has 1 aromatic rings. The molecule has 5 nitrogen and oxygen atoms in total. The van der Waals surface area contributed by atoms with Gasteiger partial charge in [0.2, 0.25) is 0 Å². The van der Waals surface area contributed by atoms with E-state index in [1.807, 2.05) is 31.2 Å². The highest BCUT2D eigenvalue weighted by molar-refractivity contribution is 6.07. The van der Waals surface area contributed by atoms with Crippen LogP contribution in [0.4, 0.5) is 4.79 Å². The van der Waals surface area contributed by atoms with Crippen molar-refractivity contribution in [1.82, 2.24) is 10.3 Å². The molecular formula is C16H19N3O2. The largest absolute Gasteiger partial charge is 0.346 e. The van der Waals surface area contributed by atoms with Gasteiger partial charge in [0.25, 0.3) is 5.91 Å². The van der Waals surface area contributed by atoms with Crippen LogP contribution in [0.15, 0.2) is 29.4 Å². The van der Waals surface area contributed by atoms with Crippen LogP contribution in [0.5, 0.6) is 0 Å². The van der Waals surface area contributed by atoms with E-state index in [1.54, 1.807) is 6.21 Å². The van der Waals surface area contributed by atoms with Crippen LogP contribution in [0, 0.1) is 6.92 Å². The van der Waals surface area contributed by atoms with E-state index in [4.69, 9.17) is 0 Å². The average Bonchev–Trinajstić information content (AvgIpc) is 2.71. The number of hydrogen-bond acceptors (Lipinski definition) is 3. The zero-order valence-electron chi connectivity index (χ0n) is 12.1. The molecule has 21 heavy (non-hydrogen) atoms. The number of carbonyl (C=O) groups is 2. The van der Waals surface area contributed by atoms with Crippen molar-refractivity contribution in [2.24, 2.45) is 5.10 Å². The first-order valence-corrected chi connectivity index (χ1v) is 7.38. The van der Waals surface area contributed by atoms with E-state index in [2.05, 4.69) is 10.4 Å². The highest BCUT2D eigenvalue weighted by Crippen LogP contribution is 2.33. The van der Waals surface area contributed by atoms with Gasteiger partial charge in [-0.05, 0) is 25.3 Å². The van der Waals surface area contributed by atoms with Crippen LogP contribution in [0.25, 0.3) is 0 Å². The van der Waals surface area contributed by atoms with Crippen LogP contribution >= 0.6 is 0 Å². The lowest BCUT2D eigenvalue weighted by Gasteiger charge is -2.29. The van der Waals surface area contributed by atoms with Crippen LogP contribution in [-0.4, -0.2) is 28.7 Å². The minimum Gasteiger partial charge on any atom is -0.321 e. The number of nitrogens with zero attached hydrogens (tertiary/aromatic N) is 2. The SMILES string of the molecule is Cc1ccc(/C=N\N2C(=O)NC3(CCCCC3)C2=O)cc1. The molecule has 0 bridgehead atoms. The van der Waals surface area contributed by atoms with Gasteiger partial charge in [0, 0.05) is 0 Å². The second kappa shape index (κ2) is 5.31. The van der Waals surface area contributed by atoms with Crippen molar-refractivity contribution in [2.45, 2.75) is 44.6 Å². The summed E-state index contributed by atoms with van der Waals surface area (Å²) in [6, 6.07) is 7.35. The van der Waals surface area contributed by atoms with Crippen LogP contribution in [-0.2, 0) is 4.79 Å². The second-order valence-corrected chi connectivity index (χ2v) is 5.85. The Bertz CT molecular complexity index is 586. The van der Waals surface area contributed by atoms with Crippen molar-refractivity contribution in [3.05, 3.63) is 35.4 Å². The van der Waals surface area contributed by atoms with E-state index in [1.165, 1.54) is 0 Å². The van der Waals surface area contributed by atoms with Crippen molar-refractivity contribution in [1.29, 1.82) is 0 Å². The van der Waals surface area contributed by atoms with Gasteiger partial charge in [-0.25, -0.2) is 4.79 Å². The fourth-order valence-electron chi connectivity index (χ4n) is 2.98. The standard InChI is InChI=1S/C16H19N3O2/c1-12-5-7-13(8-6-12)11-17-19-14(20)16(18-15(19)21)9-3-2-4-10-16/h5-8,11H,2-4,9-10H2,1H3,(H,18,21)/b17-11-. The normalized spacial score (nSPS) is 21.3. The van der Waals surface area contributed by atoms with Gasteiger partial charge in [-0.1, -0.05) is 49.1 Å². The van der Waals surface area contributed by atoms with Gasteiger partial charge in [-0.15, -0.1) is 5.01 Å². The summed E-state index contributed by atoms with van der Waals surface area (Å²) in [5.41, 5.74) is 1.31. The minimum absolute atomic E-state index is 0.212. The van der Waals surface area contributed by atoms with Crippen LogP contribution in [0.2, 0.25) is 0 Å². The molecule has 1 heterocycles. The minimum atomic E-state index is -0.708. The molecule has 0 radical (unpaired) electrons. The number of aryl methyl sites for hydroxylation is 1. The Morgan fingerprint density at radius 3 is 2.48 bits per heavy atom. The summed E-state index contributed by atoms with van der Waals surface area (Å²) in [6.45, 7) is 2.01. The molecule has 5 heteroatoms. The quantitative estimate of drug-likeness (QED) is 0.670. The first-order valence-electron chi connectivity index (χ1n) is 7.38. The number of hydrogen-bond donors (Lipinski definition) is 1. The van der Waals surface area contributed by atoms with E-state index in [9.17, 15) is 9.59 Å². The Labute approximate surface area is 124 Å². The Kier molecular flexibility index (Phi) is 3.49. The number of amides is 3. The summed E-state index contributed by atoms with van der Waals surface area (Å²) in [4.78, 5) is 24.5. The average molecular weight is 285 g/mol. The molecule has 1 saturated heterocycles. The predicted molar refractivity (Wildman–Crippen MR) is 80.0 cm³/mol. The third-order valence-electron chi connectivity index (χ3n) is 4.25. The molecule has 2 fully saturated rings. The smallest absolute Gasteiger partial charge is 0.321 e. The Morgan fingerprint density at radius 1 is 1.14 bits per heavy atom. The summed E-state index contributed by atoms with van der Waals surface area (Å²) in [7, 11) is 0. The number of benzene rings is 1. The maximum Gasteiger partial charge on any atom is 0.346 e. The molecule has 1 saturated carbocycles. The van der Waals surface area contributed by atoms with Gasteiger partial charge in [0.15, 0.2) is 0 Å². The lowest BCUT2D eigenvalue weighted by atomic mass is 9.82. The predicted octanol–water partition coefficient (Wildman–Crippen LogP) is 2.58. The van der Waals surface area contributed by atoms with E-state index < -0.39 is 11.6 Å². The second-order valence-electron chi connectivity index (χ2n) is 5.85. The lowest BCUT2D eigenvalue weighted by molar-refractivity contribution is -0.132. The Morgan fingerprint density at radius 2 is 1.81 bits per heavy atom. The zero-order chi connectivity index (χ0) is 14.9. The number of carbonyl (C=O) groups excluding carboxylic acids is 2. The third-order valence-corrected chi connectivity index (χ3v) is 4.25. The molecule has 0 atom stereocenters. The first-order chi connectivity index (χ1) is 10.1. The molecule has 1 N–H and O–H groups in total. The molecule has 1 aliphatic heterocycles. The number of rotatable bonds is 2. The molecule has 1 aliphatic carbocycles. The molecule has 110 valence electrons. The number of hydrazone groups is 1. The van der Waals surface area contributed by atoms with Crippen molar-refractivity contribution in [2.75, 3.05) is 0 Å². The van der Waals surface area contributed by atoms with Gasteiger partial charge < -0.3 is 5.32 Å². The Hall–Kier alpha value is -2.17. The molecule has 0 aromatic heterocycles. The maximum atomic E-state index is 12.5. The first kappa shape index (κ1) is 13.8. The summed E-state index contributed by atoms with van der Waals surface area (Å²) in [5.74, 6) is -0.212. The van der Waals surface area contributed by atoms with Crippen molar-refractivity contribution in [3.8, 4) is 0 Å². The molecule has 2 aliphatic rings. The van der Waals surface area contributed by atoms with Gasteiger partial charge in [-0.3, -0.25) is 4.79 Å². The van der Waals surface area contributed by atoms with E-state index in [0.717, 1.165) is 35.4 Å². The van der Waals surface area contributed by atoms with E-state index in [-0.39, 0.29) is 5.91 Å². The summed E-state index contributed by atoms with van der Waals surface area (Å²) < 4.78 is 0. The van der Waals surface area contributed by atoms with Crippen molar-refractivity contribution in [3.63, 3.8) is 0 Å². The molecule has 1 spiro atoms. The third kappa shape index (κ3) is 2.55. The van der Waals surface area contributed by atoms with E-state index in [0.29, 0.717) is 12.8 Å². The maximum absolute atomic E-state index is 12.5. The topological polar surface area (TPSA) is 61.8 Å². The molecule has 3 amide bonds. The molecular weight excluding hydrogens is 266 g/mol. The van der Waals surface area contributed by atoms with Gasteiger partial charge in [-0.2, -0.15) is 5.10 Å². The summed E-state index contributed by atoms with van der Waals surface area (Å²) in [6.07, 6.45) is 6.06. The van der Waals surface area contributed by atoms with Gasteiger partial charge >= 0.3 is 6.03 Å². The number of nitrogens with one attached hydrogen (secondary N) is 1. The number of imide groups is 1. The number of urea groups is 1. The van der Waals surface area contributed by atoms with Crippen LogP contribution in [0.3, 0.4) is 0 Å². The van der Waals surface area contributed by atoms with Gasteiger partial charge in [0.05, 0.1) is 6.21 Å². The van der Waals surface area contributed by atoms with Crippen molar-refractivity contribution < 1.29 is 9.59 Å². The fourth-order valence-corrected chi connectivity index (χ4v) is 2.98. The molecule has 0 unspecified atom stereocenters. The molecule has 1 aromatic carbocycles. The molecule has 3 rings (SSSR count). The summed E-state index contributed by atoms with van der Waals surface area (Å²) >= 11 is 0. The van der Waals surface area contributed by atoms with E-state index >= 15 is 0 Å². The van der Waals surface area contributed by atoms with Gasteiger partial charge in [0.1, 0.15) is 5.54 Å². The van der Waals surface area contributed by atoms with Crippen LogP contribution < -0.4 is 5.32 Å². The highest BCUT2D eigenvalue weighted by Gasteiger charge is 2.51.